The number of piperazine rings is 1. The average Bonchev–Trinajstić information content (AvgIpc) is 3.61. The SMILES string of the molecule is O=C(Nc1nccs1)C(c1ccccc1)n1cc2ccc(-c3ccc(N4CCNCC4)cc3)c(F)c2n1. The van der Waals surface area contributed by atoms with E-state index in [4.69, 9.17) is 0 Å². The number of rotatable bonds is 6. The standard InChI is InChI=1S/C28H25FN6OS/c29-24-23(19-6-9-22(10-7-19)34-15-12-30-13-16-34)11-8-21-18-35(33-25(21)24)26(20-4-2-1-3-5-20)27(36)32-28-31-14-17-37-28/h1-11,14,17-18,26,30H,12-13,15-16H2,(H,31,32,36). The molecule has 1 atom stereocenters. The number of fused-ring (bicyclic) bond motifs is 1. The van der Waals surface area contributed by atoms with Crippen molar-refractivity contribution in [1.82, 2.24) is 20.1 Å². The van der Waals surface area contributed by atoms with E-state index < -0.39 is 11.9 Å². The number of nitrogens with zero attached hydrogens (tertiary/aromatic N) is 4. The van der Waals surface area contributed by atoms with Gasteiger partial charge in [-0.15, -0.1) is 11.3 Å². The summed E-state index contributed by atoms with van der Waals surface area (Å²) in [6.07, 6.45) is 3.35. The van der Waals surface area contributed by atoms with Gasteiger partial charge in [-0.25, -0.2) is 9.37 Å². The number of hydrogen-bond acceptors (Lipinski definition) is 6. The van der Waals surface area contributed by atoms with Crippen molar-refractivity contribution in [2.24, 2.45) is 0 Å². The lowest BCUT2D eigenvalue weighted by atomic mass is 10.0. The smallest absolute Gasteiger partial charge is 0.255 e. The minimum absolute atomic E-state index is 0.228. The van der Waals surface area contributed by atoms with E-state index in [1.807, 2.05) is 60.7 Å². The fourth-order valence-electron chi connectivity index (χ4n) is 4.72. The summed E-state index contributed by atoms with van der Waals surface area (Å²) in [6.45, 7) is 3.83. The van der Waals surface area contributed by atoms with E-state index in [2.05, 4.69) is 25.6 Å². The summed E-state index contributed by atoms with van der Waals surface area (Å²) < 4.78 is 17.3. The number of carbonyl (C=O) groups excluding carboxylic acids is 1. The fourth-order valence-corrected chi connectivity index (χ4v) is 5.25. The lowest BCUT2D eigenvalue weighted by Gasteiger charge is -2.29. The van der Waals surface area contributed by atoms with Crippen LogP contribution in [0.1, 0.15) is 11.6 Å². The molecule has 1 unspecified atom stereocenters. The highest BCUT2D eigenvalue weighted by atomic mass is 32.1. The van der Waals surface area contributed by atoms with E-state index in [0.29, 0.717) is 16.1 Å². The highest BCUT2D eigenvalue weighted by molar-refractivity contribution is 7.13. The van der Waals surface area contributed by atoms with E-state index in [1.165, 1.54) is 16.0 Å². The first-order chi connectivity index (χ1) is 18.2. The van der Waals surface area contributed by atoms with Gasteiger partial charge in [0.25, 0.3) is 5.91 Å². The van der Waals surface area contributed by atoms with Gasteiger partial charge in [0, 0.05) is 60.6 Å². The Morgan fingerprint density at radius 3 is 2.54 bits per heavy atom. The van der Waals surface area contributed by atoms with E-state index >= 15 is 4.39 Å². The highest BCUT2D eigenvalue weighted by Gasteiger charge is 2.26. The largest absolute Gasteiger partial charge is 0.369 e. The van der Waals surface area contributed by atoms with Crippen molar-refractivity contribution in [3.63, 3.8) is 0 Å². The predicted molar refractivity (Wildman–Crippen MR) is 146 cm³/mol. The Labute approximate surface area is 217 Å². The maximum Gasteiger partial charge on any atom is 0.255 e. The fraction of sp³-hybridized carbons (Fsp3) is 0.179. The van der Waals surface area contributed by atoms with Crippen LogP contribution in [0.15, 0.2) is 84.5 Å². The maximum absolute atomic E-state index is 15.8. The van der Waals surface area contributed by atoms with Crippen LogP contribution in [-0.4, -0.2) is 46.9 Å². The van der Waals surface area contributed by atoms with Gasteiger partial charge in [-0.2, -0.15) is 5.10 Å². The third kappa shape index (κ3) is 4.71. The number of thiazole rings is 1. The van der Waals surface area contributed by atoms with Gasteiger partial charge < -0.3 is 10.2 Å². The highest BCUT2D eigenvalue weighted by Crippen LogP contribution is 2.31. The Kier molecular flexibility index (Phi) is 6.38. The van der Waals surface area contributed by atoms with Gasteiger partial charge in [0.1, 0.15) is 5.52 Å². The molecular weight excluding hydrogens is 487 g/mol. The molecule has 3 heterocycles. The first-order valence-electron chi connectivity index (χ1n) is 12.2. The number of amides is 1. The van der Waals surface area contributed by atoms with Crippen LogP contribution in [0.5, 0.6) is 0 Å². The molecule has 37 heavy (non-hydrogen) atoms. The Morgan fingerprint density at radius 2 is 1.81 bits per heavy atom. The molecule has 5 aromatic rings. The van der Waals surface area contributed by atoms with Crippen LogP contribution < -0.4 is 15.5 Å². The van der Waals surface area contributed by atoms with Crippen LogP contribution in [0.4, 0.5) is 15.2 Å². The topological polar surface area (TPSA) is 75.1 Å². The number of aromatic nitrogens is 3. The van der Waals surface area contributed by atoms with Crippen LogP contribution in [0.3, 0.4) is 0 Å². The predicted octanol–water partition coefficient (Wildman–Crippen LogP) is 4.94. The summed E-state index contributed by atoms with van der Waals surface area (Å²) in [4.78, 5) is 19.8. The van der Waals surface area contributed by atoms with Crippen molar-refractivity contribution < 1.29 is 9.18 Å². The normalized spacial score (nSPS) is 14.6. The maximum atomic E-state index is 15.8. The lowest BCUT2D eigenvalue weighted by molar-refractivity contribution is -0.118. The van der Waals surface area contributed by atoms with Gasteiger partial charge in [-0.3, -0.25) is 14.8 Å². The van der Waals surface area contributed by atoms with Gasteiger partial charge in [0.05, 0.1) is 0 Å². The molecule has 1 amide bonds. The van der Waals surface area contributed by atoms with Gasteiger partial charge in [-0.1, -0.05) is 54.6 Å². The van der Waals surface area contributed by atoms with Crippen molar-refractivity contribution in [2.75, 3.05) is 36.4 Å². The van der Waals surface area contributed by atoms with Crippen molar-refractivity contribution in [3.05, 3.63) is 95.9 Å². The Morgan fingerprint density at radius 1 is 1.03 bits per heavy atom. The van der Waals surface area contributed by atoms with Crippen molar-refractivity contribution >= 4 is 39.0 Å². The molecule has 0 saturated carbocycles. The summed E-state index contributed by atoms with van der Waals surface area (Å²) in [6, 6.07) is 20.2. The third-order valence-electron chi connectivity index (χ3n) is 6.59. The molecule has 1 aliphatic rings. The summed E-state index contributed by atoms with van der Waals surface area (Å²) in [5.41, 5.74) is 3.37. The Hall–Kier alpha value is -4.08. The average molecular weight is 513 g/mol. The Balaban J connectivity index is 1.34. The van der Waals surface area contributed by atoms with Crippen LogP contribution >= 0.6 is 11.3 Å². The van der Waals surface area contributed by atoms with Gasteiger partial charge in [0.15, 0.2) is 17.0 Å². The van der Waals surface area contributed by atoms with Crippen LogP contribution in [0.25, 0.3) is 22.0 Å². The molecule has 186 valence electrons. The number of hydrogen-bond donors (Lipinski definition) is 2. The summed E-state index contributed by atoms with van der Waals surface area (Å²) in [5, 5.41) is 13.7. The molecule has 1 saturated heterocycles. The Bertz CT molecular complexity index is 1510. The second-order valence-electron chi connectivity index (χ2n) is 8.90. The number of halogens is 1. The second-order valence-corrected chi connectivity index (χ2v) is 9.79. The zero-order chi connectivity index (χ0) is 25.2. The molecule has 2 N–H and O–H groups in total. The first-order valence-corrected chi connectivity index (χ1v) is 13.0. The zero-order valence-electron chi connectivity index (χ0n) is 20.0. The minimum atomic E-state index is -0.779. The molecule has 0 spiro atoms. The number of carbonyl (C=O) groups is 1. The van der Waals surface area contributed by atoms with Gasteiger partial charge >= 0.3 is 0 Å². The molecule has 1 fully saturated rings. The molecule has 1 aliphatic heterocycles. The molecule has 3 aromatic carbocycles. The summed E-state index contributed by atoms with van der Waals surface area (Å²) >= 11 is 1.34. The quantitative estimate of drug-likeness (QED) is 0.337. The number of nitrogens with one attached hydrogen (secondary N) is 2. The van der Waals surface area contributed by atoms with E-state index in [0.717, 1.165) is 43.0 Å². The van der Waals surface area contributed by atoms with Crippen LogP contribution in [-0.2, 0) is 4.79 Å². The van der Waals surface area contributed by atoms with Crippen LogP contribution in [0, 0.1) is 5.82 Å². The van der Waals surface area contributed by atoms with Crippen molar-refractivity contribution in [2.45, 2.75) is 6.04 Å². The number of benzene rings is 3. The van der Waals surface area contributed by atoms with Gasteiger partial charge in [-0.05, 0) is 23.3 Å². The molecular formula is C28H25FN6OS. The zero-order valence-corrected chi connectivity index (χ0v) is 20.8. The van der Waals surface area contributed by atoms with Gasteiger partial charge in [0.2, 0.25) is 0 Å². The number of anilines is 2. The van der Waals surface area contributed by atoms with Crippen molar-refractivity contribution in [3.8, 4) is 11.1 Å². The summed E-state index contributed by atoms with van der Waals surface area (Å²) in [5.74, 6) is -0.698. The molecule has 0 aliphatic carbocycles. The first kappa shape index (κ1) is 23.3. The molecule has 0 radical (unpaired) electrons. The minimum Gasteiger partial charge on any atom is -0.369 e. The van der Waals surface area contributed by atoms with E-state index in [9.17, 15) is 4.79 Å². The van der Waals surface area contributed by atoms with Crippen LogP contribution in [0.2, 0.25) is 0 Å². The molecule has 6 rings (SSSR count). The second kappa shape index (κ2) is 10.1. The monoisotopic (exact) mass is 512 g/mol. The van der Waals surface area contributed by atoms with E-state index in [1.54, 1.807) is 23.8 Å². The van der Waals surface area contributed by atoms with E-state index in [-0.39, 0.29) is 11.4 Å². The van der Waals surface area contributed by atoms with Crippen molar-refractivity contribution in [1.29, 1.82) is 0 Å². The third-order valence-corrected chi connectivity index (χ3v) is 7.27. The lowest BCUT2D eigenvalue weighted by Crippen LogP contribution is -2.43. The molecule has 0 bridgehead atoms. The molecule has 2 aromatic heterocycles. The molecule has 9 heteroatoms. The summed E-state index contributed by atoms with van der Waals surface area (Å²) in [7, 11) is 0. The molecule has 7 nitrogen and oxygen atoms in total.